The maximum absolute atomic E-state index is 10.9. The van der Waals surface area contributed by atoms with Crippen LogP contribution < -0.4 is 0 Å². The zero-order valence-electron chi connectivity index (χ0n) is 11.2. The topological polar surface area (TPSA) is 63.1 Å². The Morgan fingerprint density at radius 3 is 2.26 bits per heavy atom. The molecule has 1 aromatic carbocycles. The Balaban J connectivity index is 2.37. The van der Waals surface area contributed by atoms with Gasteiger partial charge in [0.1, 0.15) is 0 Å². The molecule has 0 aliphatic rings. The molecule has 0 saturated carbocycles. The molecule has 0 aliphatic heterocycles. The van der Waals surface area contributed by atoms with Crippen molar-refractivity contribution < 1.29 is 9.90 Å². The van der Waals surface area contributed by atoms with Gasteiger partial charge in [0.15, 0.2) is 5.69 Å². The van der Waals surface area contributed by atoms with Crippen LogP contribution in [0.4, 0.5) is 0 Å². The fraction of sp³-hybridized carbons (Fsp3) is 0.267. The Morgan fingerprint density at radius 1 is 1.16 bits per heavy atom. The average Bonchev–Trinajstić information content (AvgIpc) is 2.38. The van der Waals surface area contributed by atoms with Crippen molar-refractivity contribution in [3.8, 4) is 11.3 Å². The van der Waals surface area contributed by atoms with Crippen molar-refractivity contribution >= 4 is 5.97 Å². The van der Waals surface area contributed by atoms with E-state index in [1.54, 1.807) is 13.0 Å². The summed E-state index contributed by atoms with van der Waals surface area (Å²) >= 11 is 0. The van der Waals surface area contributed by atoms with Gasteiger partial charge in [0.25, 0.3) is 0 Å². The summed E-state index contributed by atoms with van der Waals surface area (Å²) in [6.07, 6.45) is 0. The van der Waals surface area contributed by atoms with Crippen LogP contribution in [-0.4, -0.2) is 21.3 Å². The maximum atomic E-state index is 10.9. The first-order valence-electron chi connectivity index (χ1n) is 6.17. The molecule has 4 nitrogen and oxygen atoms in total. The molecule has 0 bridgehead atoms. The highest BCUT2D eigenvalue weighted by molar-refractivity contribution is 5.87. The van der Waals surface area contributed by atoms with Gasteiger partial charge in [-0.1, -0.05) is 38.1 Å². The molecule has 0 aliphatic carbocycles. The first-order chi connectivity index (χ1) is 8.99. The third-order valence-electron chi connectivity index (χ3n) is 3.06. The highest BCUT2D eigenvalue weighted by Gasteiger charge is 2.11. The minimum Gasteiger partial charge on any atom is -0.476 e. The van der Waals surface area contributed by atoms with E-state index in [9.17, 15) is 4.79 Å². The van der Waals surface area contributed by atoms with Crippen molar-refractivity contribution in [2.24, 2.45) is 0 Å². The summed E-state index contributed by atoms with van der Waals surface area (Å²) in [7, 11) is 0. The van der Waals surface area contributed by atoms with E-state index >= 15 is 0 Å². The molecule has 2 aromatic rings. The Kier molecular flexibility index (Phi) is 3.60. The van der Waals surface area contributed by atoms with Crippen LogP contribution in [0.1, 0.15) is 41.4 Å². The van der Waals surface area contributed by atoms with Crippen molar-refractivity contribution in [3.63, 3.8) is 0 Å². The van der Waals surface area contributed by atoms with Gasteiger partial charge in [-0.25, -0.2) is 4.79 Å². The molecule has 0 saturated heterocycles. The second kappa shape index (κ2) is 5.18. The fourth-order valence-corrected chi connectivity index (χ4v) is 1.88. The Labute approximate surface area is 112 Å². The highest BCUT2D eigenvalue weighted by atomic mass is 16.4. The monoisotopic (exact) mass is 256 g/mol. The van der Waals surface area contributed by atoms with E-state index in [4.69, 9.17) is 5.11 Å². The normalized spacial score (nSPS) is 10.7. The number of carbonyl (C=O) groups is 1. The number of carboxylic acid groups (broad SMARTS) is 1. The van der Waals surface area contributed by atoms with E-state index in [0.717, 1.165) is 5.56 Å². The Bertz CT molecular complexity index is 604. The number of nitrogens with zero attached hydrogens (tertiary/aromatic N) is 2. The van der Waals surface area contributed by atoms with Crippen molar-refractivity contribution in [1.29, 1.82) is 0 Å². The molecule has 0 fully saturated rings. The number of aromatic carboxylic acids is 1. The summed E-state index contributed by atoms with van der Waals surface area (Å²) in [5.74, 6) is -0.567. The van der Waals surface area contributed by atoms with E-state index < -0.39 is 5.97 Å². The number of benzene rings is 1. The number of rotatable bonds is 3. The zero-order chi connectivity index (χ0) is 14.0. The zero-order valence-corrected chi connectivity index (χ0v) is 11.2. The Morgan fingerprint density at radius 2 is 1.79 bits per heavy atom. The van der Waals surface area contributed by atoms with E-state index in [2.05, 4.69) is 36.2 Å². The van der Waals surface area contributed by atoms with Gasteiger partial charge in [0.2, 0.25) is 0 Å². The van der Waals surface area contributed by atoms with Gasteiger partial charge in [-0.3, -0.25) is 0 Å². The minimum absolute atomic E-state index is 0.00236. The lowest BCUT2D eigenvalue weighted by atomic mass is 10.0. The number of carboxylic acids is 1. The number of aromatic nitrogens is 2. The number of hydrogen-bond donors (Lipinski definition) is 1. The van der Waals surface area contributed by atoms with Crippen molar-refractivity contribution in [3.05, 3.63) is 47.2 Å². The fourth-order valence-electron chi connectivity index (χ4n) is 1.88. The molecule has 0 atom stereocenters. The summed E-state index contributed by atoms with van der Waals surface area (Å²) in [6, 6.07) is 9.84. The van der Waals surface area contributed by atoms with Crippen molar-refractivity contribution in [2.75, 3.05) is 0 Å². The summed E-state index contributed by atoms with van der Waals surface area (Å²) in [4.78, 5) is 10.9. The van der Waals surface area contributed by atoms with E-state index in [-0.39, 0.29) is 5.69 Å². The van der Waals surface area contributed by atoms with Gasteiger partial charge in [-0.05, 0) is 30.0 Å². The molecule has 98 valence electrons. The molecule has 0 radical (unpaired) electrons. The third kappa shape index (κ3) is 2.78. The lowest BCUT2D eigenvalue weighted by Gasteiger charge is -2.07. The standard InChI is InChI=1S/C15H16N2O2/c1-9(2)11-4-6-12(7-5-11)13-8-10(3)14(15(18)19)17-16-13/h4-9H,1-3H3,(H,18,19). The predicted molar refractivity (Wildman–Crippen MR) is 73.3 cm³/mol. The van der Waals surface area contributed by atoms with Crippen LogP contribution in [0.3, 0.4) is 0 Å². The van der Waals surface area contributed by atoms with Gasteiger partial charge in [-0.15, -0.1) is 10.2 Å². The van der Waals surface area contributed by atoms with Crippen molar-refractivity contribution in [2.45, 2.75) is 26.7 Å². The first kappa shape index (κ1) is 13.2. The second-order valence-corrected chi connectivity index (χ2v) is 4.84. The molecule has 2 rings (SSSR count). The Hall–Kier alpha value is -2.23. The van der Waals surface area contributed by atoms with Crippen LogP contribution in [0.25, 0.3) is 11.3 Å². The molecular formula is C15H16N2O2. The molecular weight excluding hydrogens is 240 g/mol. The van der Waals surface area contributed by atoms with Gasteiger partial charge in [-0.2, -0.15) is 0 Å². The molecule has 1 N–H and O–H groups in total. The summed E-state index contributed by atoms with van der Waals surface area (Å²) in [6.45, 7) is 6.01. The molecule has 1 aromatic heterocycles. The number of hydrogen-bond acceptors (Lipinski definition) is 3. The van der Waals surface area contributed by atoms with E-state index in [1.165, 1.54) is 5.56 Å². The third-order valence-corrected chi connectivity index (χ3v) is 3.06. The van der Waals surface area contributed by atoms with Crippen LogP contribution in [0.5, 0.6) is 0 Å². The molecule has 0 spiro atoms. The summed E-state index contributed by atoms with van der Waals surface area (Å²) < 4.78 is 0. The maximum Gasteiger partial charge on any atom is 0.356 e. The molecule has 0 unspecified atom stereocenters. The van der Waals surface area contributed by atoms with E-state index in [1.807, 2.05) is 12.1 Å². The molecule has 1 heterocycles. The van der Waals surface area contributed by atoms with Crippen LogP contribution in [0, 0.1) is 6.92 Å². The predicted octanol–water partition coefficient (Wildman–Crippen LogP) is 3.27. The minimum atomic E-state index is -1.05. The van der Waals surface area contributed by atoms with E-state index in [0.29, 0.717) is 17.2 Å². The van der Waals surface area contributed by atoms with Gasteiger partial charge < -0.3 is 5.11 Å². The van der Waals surface area contributed by atoms with Crippen LogP contribution >= 0.6 is 0 Å². The van der Waals surface area contributed by atoms with Crippen LogP contribution in [0.2, 0.25) is 0 Å². The molecule has 19 heavy (non-hydrogen) atoms. The number of aryl methyl sites for hydroxylation is 1. The van der Waals surface area contributed by atoms with Gasteiger partial charge in [0.05, 0.1) is 5.69 Å². The van der Waals surface area contributed by atoms with Crippen LogP contribution in [0.15, 0.2) is 30.3 Å². The smallest absolute Gasteiger partial charge is 0.356 e. The molecule has 4 heteroatoms. The largest absolute Gasteiger partial charge is 0.476 e. The average molecular weight is 256 g/mol. The second-order valence-electron chi connectivity index (χ2n) is 4.84. The van der Waals surface area contributed by atoms with Crippen LogP contribution in [-0.2, 0) is 0 Å². The summed E-state index contributed by atoms with van der Waals surface area (Å²) in [5.41, 5.74) is 3.51. The lowest BCUT2D eigenvalue weighted by molar-refractivity contribution is 0.0688. The highest BCUT2D eigenvalue weighted by Crippen LogP contribution is 2.21. The lowest BCUT2D eigenvalue weighted by Crippen LogP contribution is -2.05. The van der Waals surface area contributed by atoms with Gasteiger partial charge in [0, 0.05) is 5.56 Å². The molecule has 0 amide bonds. The summed E-state index contributed by atoms with van der Waals surface area (Å²) in [5, 5.41) is 16.7. The first-order valence-corrected chi connectivity index (χ1v) is 6.17. The van der Waals surface area contributed by atoms with Crippen molar-refractivity contribution in [1.82, 2.24) is 10.2 Å². The SMILES string of the molecule is Cc1cc(-c2ccc(C(C)C)cc2)nnc1C(=O)O. The quantitative estimate of drug-likeness (QED) is 0.915. The van der Waals surface area contributed by atoms with Gasteiger partial charge >= 0.3 is 5.97 Å².